The zero-order chi connectivity index (χ0) is 11.3. The van der Waals surface area contributed by atoms with Crippen molar-refractivity contribution in [3.05, 3.63) is 29.3 Å². The van der Waals surface area contributed by atoms with E-state index in [1.807, 2.05) is 32.0 Å². The second-order valence-electron chi connectivity index (χ2n) is 3.64. The van der Waals surface area contributed by atoms with Gasteiger partial charge in [0.05, 0.1) is 18.2 Å². The molecular formula is C12H16N2O. The first-order valence-electron chi connectivity index (χ1n) is 4.93. The summed E-state index contributed by atoms with van der Waals surface area (Å²) in [5.41, 5.74) is 2.81. The van der Waals surface area contributed by atoms with E-state index < -0.39 is 0 Å². The lowest BCUT2D eigenvalue weighted by atomic mass is 10.1. The molecule has 0 aliphatic heterocycles. The van der Waals surface area contributed by atoms with Gasteiger partial charge < -0.3 is 10.1 Å². The van der Waals surface area contributed by atoms with Crippen molar-refractivity contribution in [1.29, 1.82) is 5.26 Å². The van der Waals surface area contributed by atoms with Crippen molar-refractivity contribution in [1.82, 2.24) is 0 Å². The molecule has 3 heteroatoms. The van der Waals surface area contributed by atoms with Crippen LogP contribution >= 0.6 is 0 Å². The van der Waals surface area contributed by atoms with Crippen molar-refractivity contribution in [2.75, 3.05) is 19.0 Å². The third-order valence-electron chi connectivity index (χ3n) is 2.19. The summed E-state index contributed by atoms with van der Waals surface area (Å²) in [4.78, 5) is 0. The van der Waals surface area contributed by atoms with Crippen LogP contribution < -0.4 is 5.32 Å². The van der Waals surface area contributed by atoms with E-state index in [1.165, 1.54) is 0 Å². The summed E-state index contributed by atoms with van der Waals surface area (Å²) in [7, 11) is 1.68. The zero-order valence-electron chi connectivity index (χ0n) is 9.37. The largest absolute Gasteiger partial charge is 0.383 e. The van der Waals surface area contributed by atoms with E-state index in [4.69, 9.17) is 10.00 Å². The number of benzene rings is 1. The number of hydrogen-bond acceptors (Lipinski definition) is 3. The highest BCUT2D eigenvalue weighted by Gasteiger charge is 2.04. The van der Waals surface area contributed by atoms with Gasteiger partial charge in [-0.25, -0.2) is 0 Å². The molecule has 0 bridgehead atoms. The molecule has 0 saturated carbocycles. The van der Waals surface area contributed by atoms with E-state index in [0.717, 1.165) is 11.3 Å². The second-order valence-corrected chi connectivity index (χ2v) is 3.64. The highest BCUT2D eigenvalue weighted by molar-refractivity contribution is 5.55. The van der Waals surface area contributed by atoms with E-state index in [-0.39, 0.29) is 6.04 Å². The Morgan fingerprint density at radius 3 is 2.87 bits per heavy atom. The second kappa shape index (κ2) is 5.38. The van der Waals surface area contributed by atoms with Gasteiger partial charge in [-0.2, -0.15) is 5.26 Å². The van der Waals surface area contributed by atoms with Crippen LogP contribution in [0.4, 0.5) is 5.69 Å². The summed E-state index contributed by atoms with van der Waals surface area (Å²) in [5, 5.41) is 12.1. The predicted molar refractivity (Wildman–Crippen MR) is 60.9 cm³/mol. The van der Waals surface area contributed by atoms with E-state index in [0.29, 0.717) is 12.2 Å². The Balaban J connectivity index is 2.80. The normalized spacial score (nSPS) is 11.9. The van der Waals surface area contributed by atoms with Gasteiger partial charge in [-0.1, -0.05) is 6.07 Å². The minimum atomic E-state index is 0.239. The number of rotatable bonds is 4. The van der Waals surface area contributed by atoms with E-state index in [1.54, 1.807) is 7.11 Å². The lowest BCUT2D eigenvalue weighted by Gasteiger charge is -2.16. The Labute approximate surface area is 90.7 Å². The first kappa shape index (κ1) is 11.5. The first-order valence-corrected chi connectivity index (χ1v) is 4.93. The van der Waals surface area contributed by atoms with Crippen LogP contribution in [0.25, 0.3) is 0 Å². The molecule has 0 aromatic heterocycles. The van der Waals surface area contributed by atoms with Crippen LogP contribution in [0.2, 0.25) is 0 Å². The molecule has 80 valence electrons. The SMILES string of the molecule is COCC(C)Nc1cc(C#N)ccc1C. The third kappa shape index (κ3) is 3.26. The maximum Gasteiger partial charge on any atom is 0.0992 e. The molecule has 1 aromatic carbocycles. The fourth-order valence-corrected chi connectivity index (χ4v) is 1.40. The molecule has 0 aliphatic rings. The molecule has 0 amide bonds. The molecule has 0 radical (unpaired) electrons. The standard InChI is InChI=1S/C12H16N2O/c1-9-4-5-11(7-13)6-12(9)14-10(2)8-15-3/h4-6,10,14H,8H2,1-3H3. The highest BCUT2D eigenvalue weighted by Crippen LogP contribution is 2.17. The summed E-state index contributed by atoms with van der Waals surface area (Å²) in [5.74, 6) is 0. The molecule has 0 aliphatic carbocycles. The van der Waals surface area contributed by atoms with Crippen molar-refractivity contribution < 1.29 is 4.74 Å². The molecule has 0 fully saturated rings. The number of nitriles is 1. The van der Waals surface area contributed by atoms with Crippen LogP contribution in [0.3, 0.4) is 0 Å². The molecule has 1 unspecified atom stereocenters. The van der Waals surface area contributed by atoms with Crippen molar-refractivity contribution >= 4 is 5.69 Å². The molecule has 3 nitrogen and oxygen atoms in total. The Morgan fingerprint density at radius 2 is 2.27 bits per heavy atom. The average molecular weight is 204 g/mol. The molecule has 1 atom stereocenters. The van der Waals surface area contributed by atoms with E-state index in [9.17, 15) is 0 Å². The maximum absolute atomic E-state index is 8.79. The third-order valence-corrected chi connectivity index (χ3v) is 2.19. The molecule has 0 spiro atoms. The Hall–Kier alpha value is -1.53. The summed E-state index contributed by atoms with van der Waals surface area (Å²) >= 11 is 0. The maximum atomic E-state index is 8.79. The van der Waals surface area contributed by atoms with Crippen molar-refractivity contribution in [2.24, 2.45) is 0 Å². The fourth-order valence-electron chi connectivity index (χ4n) is 1.40. The lowest BCUT2D eigenvalue weighted by molar-refractivity contribution is 0.190. The van der Waals surface area contributed by atoms with Gasteiger partial charge in [-0.05, 0) is 31.5 Å². The topological polar surface area (TPSA) is 45.0 Å². The Kier molecular flexibility index (Phi) is 4.14. The highest BCUT2D eigenvalue weighted by atomic mass is 16.5. The number of anilines is 1. The first-order chi connectivity index (χ1) is 7.17. The summed E-state index contributed by atoms with van der Waals surface area (Å²) in [6.45, 7) is 4.71. The van der Waals surface area contributed by atoms with Crippen molar-refractivity contribution in [3.8, 4) is 6.07 Å². The number of methoxy groups -OCH3 is 1. The molecule has 1 rings (SSSR count). The molecule has 15 heavy (non-hydrogen) atoms. The minimum Gasteiger partial charge on any atom is -0.383 e. The summed E-state index contributed by atoms with van der Waals surface area (Å²) < 4.78 is 5.04. The molecule has 0 heterocycles. The van der Waals surface area contributed by atoms with Gasteiger partial charge in [0.1, 0.15) is 0 Å². The summed E-state index contributed by atoms with van der Waals surface area (Å²) in [6.07, 6.45) is 0. The number of nitrogens with zero attached hydrogens (tertiary/aromatic N) is 1. The van der Waals surface area contributed by atoms with Crippen LogP contribution in [-0.2, 0) is 4.74 Å². The van der Waals surface area contributed by atoms with Gasteiger partial charge >= 0.3 is 0 Å². The Bertz CT molecular complexity index is 368. The zero-order valence-corrected chi connectivity index (χ0v) is 9.37. The van der Waals surface area contributed by atoms with Crippen LogP contribution in [0.5, 0.6) is 0 Å². The fraction of sp³-hybridized carbons (Fsp3) is 0.417. The molecule has 1 N–H and O–H groups in total. The quantitative estimate of drug-likeness (QED) is 0.818. The Morgan fingerprint density at radius 1 is 1.53 bits per heavy atom. The van der Waals surface area contributed by atoms with Crippen LogP contribution in [-0.4, -0.2) is 19.8 Å². The minimum absolute atomic E-state index is 0.239. The number of nitrogens with one attached hydrogen (secondary N) is 1. The lowest BCUT2D eigenvalue weighted by Crippen LogP contribution is -2.21. The van der Waals surface area contributed by atoms with Gasteiger partial charge in [0.15, 0.2) is 0 Å². The van der Waals surface area contributed by atoms with E-state index >= 15 is 0 Å². The summed E-state index contributed by atoms with van der Waals surface area (Å²) in [6, 6.07) is 8.00. The van der Waals surface area contributed by atoms with Gasteiger partial charge in [-0.3, -0.25) is 0 Å². The van der Waals surface area contributed by atoms with Gasteiger partial charge in [0, 0.05) is 18.8 Å². The molecular weight excluding hydrogens is 188 g/mol. The van der Waals surface area contributed by atoms with Crippen LogP contribution in [0.1, 0.15) is 18.1 Å². The van der Waals surface area contributed by atoms with E-state index in [2.05, 4.69) is 11.4 Å². The van der Waals surface area contributed by atoms with Crippen molar-refractivity contribution in [3.63, 3.8) is 0 Å². The number of hydrogen-bond donors (Lipinski definition) is 1. The molecule has 0 saturated heterocycles. The smallest absolute Gasteiger partial charge is 0.0992 e. The van der Waals surface area contributed by atoms with Gasteiger partial charge in [-0.15, -0.1) is 0 Å². The monoisotopic (exact) mass is 204 g/mol. The van der Waals surface area contributed by atoms with Crippen molar-refractivity contribution in [2.45, 2.75) is 19.9 Å². The predicted octanol–water partition coefficient (Wildman–Crippen LogP) is 2.31. The number of ether oxygens (including phenoxy) is 1. The van der Waals surface area contributed by atoms with Crippen LogP contribution in [0, 0.1) is 18.3 Å². The number of aryl methyl sites for hydroxylation is 1. The van der Waals surface area contributed by atoms with Crippen LogP contribution in [0.15, 0.2) is 18.2 Å². The molecule has 1 aromatic rings. The van der Waals surface area contributed by atoms with Gasteiger partial charge in [0.25, 0.3) is 0 Å². The average Bonchev–Trinajstić information content (AvgIpc) is 2.21. The van der Waals surface area contributed by atoms with Gasteiger partial charge in [0.2, 0.25) is 0 Å².